The molecule has 1 aromatic rings. The van der Waals surface area contributed by atoms with Gasteiger partial charge >= 0.3 is 0 Å². The zero-order valence-corrected chi connectivity index (χ0v) is 9.43. The van der Waals surface area contributed by atoms with E-state index in [1.54, 1.807) is 6.20 Å². The van der Waals surface area contributed by atoms with E-state index in [2.05, 4.69) is 9.97 Å². The lowest BCUT2D eigenvalue weighted by molar-refractivity contribution is 0.279. The van der Waals surface area contributed by atoms with Crippen LogP contribution in [0.4, 0.5) is 5.95 Å². The fourth-order valence-electron chi connectivity index (χ4n) is 1.71. The van der Waals surface area contributed by atoms with E-state index in [1.165, 1.54) is 0 Å². The molecule has 1 aliphatic rings. The summed E-state index contributed by atoms with van der Waals surface area (Å²) in [6, 6.07) is 0.478. The molecule has 5 nitrogen and oxygen atoms in total. The lowest BCUT2D eigenvalue weighted by Crippen LogP contribution is -2.30. The zero-order valence-electron chi connectivity index (χ0n) is 9.43. The van der Waals surface area contributed by atoms with Crippen LogP contribution in [0.5, 0.6) is 0 Å². The zero-order chi connectivity index (χ0) is 11.5. The third-order valence-corrected chi connectivity index (χ3v) is 2.82. The molecule has 5 heteroatoms. The lowest BCUT2D eigenvalue weighted by atomic mass is 10.2. The highest BCUT2D eigenvalue weighted by molar-refractivity contribution is 5.36. The van der Waals surface area contributed by atoms with Crippen LogP contribution in [0.3, 0.4) is 0 Å². The van der Waals surface area contributed by atoms with Crippen molar-refractivity contribution in [3.05, 3.63) is 17.5 Å². The molecule has 16 heavy (non-hydrogen) atoms. The van der Waals surface area contributed by atoms with E-state index in [9.17, 15) is 0 Å². The monoisotopic (exact) mass is 223 g/mol. The molecule has 0 saturated heterocycles. The molecule has 2 rings (SSSR count). The van der Waals surface area contributed by atoms with E-state index in [0.29, 0.717) is 18.5 Å². The molecular formula is C11H17N3O2. The number of rotatable bonds is 5. The molecule has 0 aromatic carbocycles. The summed E-state index contributed by atoms with van der Waals surface area (Å²) < 4.78 is 0. The Morgan fingerprint density at radius 3 is 2.69 bits per heavy atom. The summed E-state index contributed by atoms with van der Waals surface area (Å²) in [7, 11) is 0. The maximum Gasteiger partial charge on any atom is 0.225 e. The van der Waals surface area contributed by atoms with Gasteiger partial charge in [-0.25, -0.2) is 9.97 Å². The van der Waals surface area contributed by atoms with Gasteiger partial charge in [-0.1, -0.05) is 0 Å². The minimum atomic E-state index is -0.0322. The van der Waals surface area contributed by atoms with Crippen LogP contribution >= 0.6 is 0 Å². The second kappa shape index (κ2) is 4.76. The van der Waals surface area contributed by atoms with Crippen molar-refractivity contribution in [1.82, 2.24) is 9.97 Å². The van der Waals surface area contributed by atoms with Crippen molar-refractivity contribution < 1.29 is 10.2 Å². The summed E-state index contributed by atoms with van der Waals surface area (Å²) >= 11 is 0. The SMILES string of the molecule is Cc1nc(N(CCO)C2CC2)ncc1CO. The fourth-order valence-corrected chi connectivity index (χ4v) is 1.71. The van der Waals surface area contributed by atoms with Crippen LogP contribution in [0.1, 0.15) is 24.1 Å². The van der Waals surface area contributed by atoms with Gasteiger partial charge in [0.25, 0.3) is 0 Å². The highest BCUT2D eigenvalue weighted by Gasteiger charge is 2.30. The minimum absolute atomic E-state index is 0.0322. The molecule has 1 heterocycles. The molecule has 0 radical (unpaired) electrons. The first-order valence-electron chi connectivity index (χ1n) is 5.57. The second-order valence-electron chi connectivity index (χ2n) is 4.09. The topological polar surface area (TPSA) is 69.5 Å². The van der Waals surface area contributed by atoms with Gasteiger partial charge in [-0.15, -0.1) is 0 Å². The predicted molar refractivity (Wildman–Crippen MR) is 60.1 cm³/mol. The van der Waals surface area contributed by atoms with Gasteiger partial charge in [0, 0.05) is 30.0 Å². The molecule has 1 aromatic heterocycles. The van der Waals surface area contributed by atoms with Crippen LogP contribution in [0.15, 0.2) is 6.20 Å². The number of aliphatic hydroxyl groups is 2. The van der Waals surface area contributed by atoms with Gasteiger partial charge in [0.15, 0.2) is 0 Å². The molecule has 1 saturated carbocycles. The van der Waals surface area contributed by atoms with Crippen molar-refractivity contribution in [2.45, 2.75) is 32.4 Å². The van der Waals surface area contributed by atoms with Crippen molar-refractivity contribution in [3.63, 3.8) is 0 Å². The van der Waals surface area contributed by atoms with Gasteiger partial charge in [0.1, 0.15) is 0 Å². The maximum atomic E-state index is 9.04. The number of nitrogens with zero attached hydrogens (tertiary/aromatic N) is 3. The first kappa shape index (κ1) is 11.3. The highest BCUT2D eigenvalue weighted by Crippen LogP contribution is 2.29. The molecule has 0 spiro atoms. The predicted octanol–water partition coefficient (Wildman–Crippen LogP) is 0.238. The average molecular weight is 223 g/mol. The van der Waals surface area contributed by atoms with Crippen molar-refractivity contribution in [2.75, 3.05) is 18.1 Å². The van der Waals surface area contributed by atoms with Gasteiger partial charge in [-0.2, -0.15) is 0 Å². The van der Waals surface area contributed by atoms with Gasteiger partial charge in [0.05, 0.1) is 13.2 Å². The van der Waals surface area contributed by atoms with Crippen LogP contribution in [-0.2, 0) is 6.61 Å². The Kier molecular flexibility index (Phi) is 3.36. The Morgan fingerprint density at radius 1 is 1.44 bits per heavy atom. The Hall–Kier alpha value is -1.20. The third-order valence-electron chi connectivity index (χ3n) is 2.82. The van der Waals surface area contributed by atoms with E-state index in [0.717, 1.165) is 24.1 Å². The number of aromatic nitrogens is 2. The van der Waals surface area contributed by atoms with Crippen LogP contribution in [0.25, 0.3) is 0 Å². The molecule has 1 aliphatic carbocycles. The Labute approximate surface area is 94.8 Å². The van der Waals surface area contributed by atoms with Crippen molar-refractivity contribution >= 4 is 5.95 Å². The Bertz CT molecular complexity index is 366. The normalized spacial score (nSPS) is 15.2. The van der Waals surface area contributed by atoms with E-state index in [-0.39, 0.29) is 13.2 Å². The van der Waals surface area contributed by atoms with Gasteiger partial charge < -0.3 is 15.1 Å². The van der Waals surface area contributed by atoms with Gasteiger partial charge in [-0.05, 0) is 19.8 Å². The standard InChI is InChI=1S/C11H17N3O2/c1-8-9(7-16)6-12-11(13-8)14(4-5-15)10-2-3-10/h6,10,15-16H,2-5,7H2,1H3. The highest BCUT2D eigenvalue weighted by atomic mass is 16.3. The van der Waals surface area contributed by atoms with E-state index in [1.807, 2.05) is 11.8 Å². The van der Waals surface area contributed by atoms with Crippen molar-refractivity contribution in [1.29, 1.82) is 0 Å². The van der Waals surface area contributed by atoms with Gasteiger partial charge in [-0.3, -0.25) is 0 Å². The molecule has 0 atom stereocenters. The van der Waals surface area contributed by atoms with Crippen molar-refractivity contribution in [3.8, 4) is 0 Å². The van der Waals surface area contributed by atoms with E-state index < -0.39 is 0 Å². The summed E-state index contributed by atoms with van der Waals surface area (Å²) in [5.74, 6) is 0.659. The molecule has 0 bridgehead atoms. The number of hydrogen-bond donors (Lipinski definition) is 2. The maximum absolute atomic E-state index is 9.04. The number of anilines is 1. The summed E-state index contributed by atoms with van der Waals surface area (Å²) in [5, 5.41) is 18.0. The molecule has 0 unspecified atom stereocenters. The fraction of sp³-hybridized carbons (Fsp3) is 0.636. The van der Waals surface area contributed by atoms with E-state index >= 15 is 0 Å². The summed E-state index contributed by atoms with van der Waals surface area (Å²) in [4.78, 5) is 10.6. The van der Waals surface area contributed by atoms with Crippen LogP contribution in [0.2, 0.25) is 0 Å². The largest absolute Gasteiger partial charge is 0.395 e. The first-order chi connectivity index (χ1) is 7.76. The summed E-state index contributed by atoms with van der Waals surface area (Å²) in [6.07, 6.45) is 3.94. The average Bonchev–Trinajstić information content (AvgIpc) is 3.09. The molecule has 2 N–H and O–H groups in total. The third kappa shape index (κ3) is 2.31. The number of aliphatic hydroxyl groups excluding tert-OH is 2. The smallest absolute Gasteiger partial charge is 0.225 e. The molecule has 0 aliphatic heterocycles. The number of hydrogen-bond acceptors (Lipinski definition) is 5. The Balaban J connectivity index is 2.20. The molecule has 1 fully saturated rings. The van der Waals surface area contributed by atoms with Crippen LogP contribution < -0.4 is 4.90 Å². The first-order valence-corrected chi connectivity index (χ1v) is 5.57. The van der Waals surface area contributed by atoms with E-state index in [4.69, 9.17) is 10.2 Å². The Morgan fingerprint density at radius 2 is 2.19 bits per heavy atom. The van der Waals surface area contributed by atoms with Crippen LogP contribution in [-0.4, -0.2) is 39.4 Å². The minimum Gasteiger partial charge on any atom is -0.395 e. The molecule has 0 amide bonds. The van der Waals surface area contributed by atoms with Gasteiger partial charge in [0.2, 0.25) is 5.95 Å². The number of aryl methyl sites for hydroxylation is 1. The van der Waals surface area contributed by atoms with Crippen molar-refractivity contribution in [2.24, 2.45) is 0 Å². The summed E-state index contributed by atoms with van der Waals surface area (Å²) in [5.41, 5.74) is 1.56. The molecular weight excluding hydrogens is 206 g/mol. The quantitative estimate of drug-likeness (QED) is 0.748. The van der Waals surface area contributed by atoms with Crippen LogP contribution in [0, 0.1) is 6.92 Å². The second-order valence-corrected chi connectivity index (χ2v) is 4.09. The summed E-state index contributed by atoms with van der Waals surface area (Å²) in [6.45, 7) is 2.51. The molecule has 88 valence electrons. The lowest BCUT2D eigenvalue weighted by Gasteiger charge is -2.21.